The molecule has 2 saturated heterocycles. The molecule has 6 heteroatoms. The number of fused-ring (bicyclic) bond motifs is 6. The fourth-order valence-electron chi connectivity index (χ4n) is 8.43. The zero-order valence-corrected chi connectivity index (χ0v) is 18.8. The van der Waals surface area contributed by atoms with Crippen LogP contribution >= 0.6 is 0 Å². The molecule has 5 fully saturated rings. The second kappa shape index (κ2) is 5.82. The summed E-state index contributed by atoms with van der Waals surface area (Å²) >= 11 is 0. The van der Waals surface area contributed by atoms with E-state index in [-0.39, 0.29) is 48.3 Å². The molecule has 3 heterocycles. The topological polar surface area (TPSA) is 84.0 Å². The standard InChI is InChI=1S/C24H36O6/c1-12(2)23-19(26)24-18(29-24)8-16-15-9-28-17(10-27-13(3)4)14(15)6-7-21(16,5)22(24,11-25)20(23)30-23/h9,12-14,16-20,25-26H,6-8,10-11H2,1-5H3. The van der Waals surface area contributed by atoms with E-state index in [0.717, 1.165) is 19.3 Å². The van der Waals surface area contributed by atoms with Gasteiger partial charge >= 0.3 is 0 Å². The molecule has 0 aromatic carbocycles. The van der Waals surface area contributed by atoms with Crippen LogP contribution in [-0.4, -0.2) is 65.1 Å². The summed E-state index contributed by atoms with van der Waals surface area (Å²) in [5, 5.41) is 22.4. The molecule has 1 spiro atoms. The number of hydrogen-bond donors (Lipinski definition) is 2. The summed E-state index contributed by atoms with van der Waals surface area (Å²) < 4.78 is 24.7. The lowest BCUT2D eigenvalue weighted by Crippen LogP contribution is -2.65. The molecule has 0 bridgehead atoms. The molecule has 10 atom stereocenters. The van der Waals surface area contributed by atoms with Crippen LogP contribution in [0.15, 0.2) is 11.8 Å². The molecule has 3 saturated carbocycles. The number of rotatable bonds is 5. The van der Waals surface area contributed by atoms with Crippen molar-refractivity contribution >= 4 is 0 Å². The van der Waals surface area contributed by atoms with Crippen molar-refractivity contribution < 1.29 is 29.2 Å². The van der Waals surface area contributed by atoms with E-state index in [1.165, 1.54) is 5.57 Å². The Bertz CT molecular complexity index is 795. The first-order valence-corrected chi connectivity index (χ1v) is 11.8. The third-order valence-electron chi connectivity index (χ3n) is 10.0. The smallest absolute Gasteiger partial charge is 0.134 e. The van der Waals surface area contributed by atoms with Crippen LogP contribution in [0.2, 0.25) is 0 Å². The van der Waals surface area contributed by atoms with Crippen LogP contribution in [-0.2, 0) is 18.9 Å². The average molecular weight is 421 g/mol. The summed E-state index contributed by atoms with van der Waals surface area (Å²) in [4.78, 5) is 0. The molecule has 3 aliphatic carbocycles. The fourth-order valence-corrected chi connectivity index (χ4v) is 8.43. The monoisotopic (exact) mass is 420 g/mol. The molecule has 6 rings (SSSR count). The summed E-state index contributed by atoms with van der Waals surface area (Å²) in [6, 6.07) is 0. The van der Waals surface area contributed by atoms with Gasteiger partial charge in [0.15, 0.2) is 0 Å². The summed E-state index contributed by atoms with van der Waals surface area (Å²) in [6.07, 6.45) is 4.27. The van der Waals surface area contributed by atoms with Gasteiger partial charge in [0.1, 0.15) is 29.5 Å². The van der Waals surface area contributed by atoms with Gasteiger partial charge in [-0.3, -0.25) is 0 Å². The van der Waals surface area contributed by atoms with Gasteiger partial charge in [0.05, 0.1) is 37.1 Å². The quantitative estimate of drug-likeness (QED) is 0.665. The molecular weight excluding hydrogens is 384 g/mol. The molecule has 3 aliphatic heterocycles. The largest absolute Gasteiger partial charge is 0.495 e. The van der Waals surface area contributed by atoms with Gasteiger partial charge in [-0.05, 0) is 55.9 Å². The van der Waals surface area contributed by atoms with Gasteiger partial charge in [0.2, 0.25) is 0 Å². The molecule has 6 nitrogen and oxygen atoms in total. The maximum atomic E-state index is 11.5. The van der Waals surface area contributed by atoms with Crippen LogP contribution in [0, 0.1) is 28.6 Å². The lowest BCUT2D eigenvalue weighted by molar-refractivity contribution is -0.166. The number of ether oxygens (including phenoxy) is 4. The van der Waals surface area contributed by atoms with Crippen molar-refractivity contribution in [2.75, 3.05) is 13.2 Å². The Labute approximate surface area is 178 Å². The van der Waals surface area contributed by atoms with Crippen LogP contribution in [0.25, 0.3) is 0 Å². The molecule has 6 aliphatic rings. The predicted octanol–water partition coefficient (Wildman–Crippen LogP) is 2.41. The van der Waals surface area contributed by atoms with Crippen molar-refractivity contribution in [2.45, 2.75) is 95.6 Å². The van der Waals surface area contributed by atoms with Gasteiger partial charge in [-0.2, -0.15) is 0 Å². The number of aliphatic hydroxyl groups is 2. The Morgan fingerprint density at radius 2 is 2.00 bits per heavy atom. The first-order valence-electron chi connectivity index (χ1n) is 11.8. The fraction of sp³-hybridized carbons (Fsp3) is 0.917. The number of epoxide rings is 2. The van der Waals surface area contributed by atoms with Crippen LogP contribution in [0.1, 0.15) is 53.9 Å². The molecule has 0 aromatic rings. The second-order valence-corrected chi connectivity index (χ2v) is 11.5. The minimum atomic E-state index is -0.677. The van der Waals surface area contributed by atoms with E-state index in [4.69, 9.17) is 18.9 Å². The van der Waals surface area contributed by atoms with Crippen molar-refractivity contribution in [3.05, 3.63) is 11.8 Å². The van der Waals surface area contributed by atoms with E-state index in [0.29, 0.717) is 12.5 Å². The first-order chi connectivity index (χ1) is 14.2. The Morgan fingerprint density at radius 1 is 1.23 bits per heavy atom. The van der Waals surface area contributed by atoms with Crippen LogP contribution < -0.4 is 0 Å². The lowest BCUT2D eigenvalue weighted by Gasteiger charge is -2.59. The highest BCUT2D eigenvalue weighted by atomic mass is 16.7. The predicted molar refractivity (Wildman–Crippen MR) is 109 cm³/mol. The van der Waals surface area contributed by atoms with Crippen molar-refractivity contribution in [1.82, 2.24) is 0 Å². The van der Waals surface area contributed by atoms with Gasteiger partial charge in [-0.25, -0.2) is 0 Å². The molecule has 30 heavy (non-hydrogen) atoms. The summed E-state index contributed by atoms with van der Waals surface area (Å²) in [7, 11) is 0. The zero-order valence-electron chi connectivity index (χ0n) is 18.8. The van der Waals surface area contributed by atoms with E-state index in [9.17, 15) is 10.2 Å². The Hall–Kier alpha value is -0.660. The third kappa shape index (κ3) is 1.88. The highest BCUT2D eigenvalue weighted by Crippen LogP contribution is 2.83. The van der Waals surface area contributed by atoms with Gasteiger partial charge in [0, 0.05) is 5.92 Å². The molecule has 0 amide bonds. The lowest BCUT2D eigenvalue weighted by atomic mass is 9.43. The maximum Gasteiger partial charge on any atom is 0.134 e. The molecule has 0 radical (unpaired) electrons. The zero-order chi connectivity index (χ0) is 21.3. The van der Waals surface area contributed by atoms with Gasteiger partial charge in [-0.1, -0.05) is 20.8 Å². The molecule has 168 valence electrons. The highest BCUT2D eigenvalue weighted by Gasteiger charge is 2.97. The molecule has 0 aromatic heterocycles. The van der Waals surface area contributed by atoms with Gasteiger partial charge < -0.3 is 29.2 Å². The van der Waals surface area contributed by atoms with E-state index >= 15 is 0 Å². The minimum Gasteiger partial charge on any atom is -0.495 e. The van der Waals surface area contributed by atoms with E-state index in [1.54, 1.807) is 0 Å². The SMILES string of the molecule is CC(C)OCC1OC=C2C1CCC1(C)C2CC2OC23C(O)C2(C(C)C)OC2C13CO. The molecule has 10 unspecified atom stereocenters. The van der Waals surface area contributed by atoms with Gasteiger partial charge in [0.25, 0.3) is 0 Å². The number of hydrogen-bond acceptors (Lipinski definition) is 6. The molecular formula is C24H36O6. The van der Waals surface area contributed by atoms with Crippen molar-refractivity contribution in [2.24, 2.45) is 28.6 Å². The molecule has 2 N–H and O–H groups in total. The van der Waals surface area contributed by atoms with Crippen LogP contribution in [0.3, 0.4) is 0 Å². The van der Waals surface area contributed by atoms with Crippen molar-refractivity contribution in [3.8, 4) is 0 Å². The van der Waals surface area contributed by atoms with E-state index < -0.39 is 22.7 Å². The normalized spacial score (nSPS) is 57.2. The van der Waals surface area contributed by atoms with Crippen LogP contribution in [0.5, 0.6) is 0 Å². The Kier molecular flexibility index (Phi) is 3.88. The van der Waals surface area contributed by atoms with E-state index in [1.807, 2.05) is 6.26 Å². The average Bonchev–Trinajstić information content (AvgIpc) is 3.56. The Balaban J connectivity index is 1.37. The first kappa shape index (κ1) is 20.0. The summed E-state index contributed by atoms with van der Waals surface area (Å²) in [5.41, 5.74) is -0.661. The second-order valence-electron chi connectivity index (χ2n) is 11.5. The number of aliphatic hydroxyl groups excluding tert-OH is 2. The third-order valence-corrected chi connectivity index (χ3v) is 10.0. The van der Waals surface area contributed by atoms with Crippen molar-refractivity contribution in [1.29, 1.82) is 0 Å². The van der Waals surface area contributed by atoms with Crippen molar-refractivity contribution in [3.63, 3.8) is 0 Å². The highest BCUT2D eigenvalue weighted by molar-refractivity contribution is 5.46. The summed E-state index contributed by atoms with van der Waals surface area (Å²) in [6.45, 7) is 11.3. The van der Waals surface area contributed by atoms with E-state index in [2.05, 4.69) is 34.6 Å². The summed E-state index contributed by atoms with van der Waals surface area (Å²) in [5.74, 6) is 0.813. The van der Waals surface area contributed by atoms with Gasteiger partial charge in [-0.15, -0.1) is 0 Å². The Morgan fingerprint density at radius 3 is 2.67 bits per heavy atom. The maximum absolute atomic E-state index is 11.5. The minimum absolute atomic E-state index is 0.00854. The van der Waals surface area contributed by atoms with Crippen LogP contribution in [0.4, 0.5) is 0 Å².